The van der Waals surface area contributed by atoms with E-state index in [0.29, 0.717) is 23.2 Å². The molecule has 0 aliphatic heterocycles. The summed E-state index contributed by atoms with van der Waals surface area (Å²) in [7, 11) is 0. The van der Waals surface area contributed by atoms with E-state index in [9.17, 15) is 22.4 Å². The molecule has 2 heterocycles. The van der Waals surface area contributed by atoms with E-state index in [-0.39, 0.29) is 17.0 Å². The molecule has 1 aromatic carbocycles. The SMILES string of the molecule is Cc1cc(-c2ccc(C=O)c(OC(F)F)c2)nn1-c1cnc(F)c(F)c1. The maximum absolute atomic E-state index is 13.4. The molecule has 3 rings (SSSR count). The van der Waals surface area contributed by atoms with Gasteiger partial charge >= 0.3 is 6.61 Å². The number of carbonyl (C=O) groups is 1. The lowest BCUT2D eigenvalue weighted by Crippen LogP contribution is -2.04. The molecule has 0 N–H and O–H groups in total. The number of aldehydes is 1. The molecule has 5 nitrogen and oxygen atoms in total. The molecule has 0 saturated heterocycles. The van der Waals surface area contributed by atoms with E-state index >= 15 is 0 Å². The van der Waals surface area contributed by atoms with Crippen LogP contribution in [0.25, 0.3) is 16.9 Å². The second kappa shape index (κ2) is 6.95. The molecule has 0 fully saturated rings. The van der Waals surface area contributed by atoms with Gasteiger partial charge < -0.3 is 4.74 Å². The highest BCUT2D eigenvalue weighted by Gasteiger charge is 2.15. The van der Waals surface area contributed by atoms with Gasteiger partial charge in [-0.25, -0.2) is 14.1 Å². The fourth-order valence-electron chi connectivity index (χ4n) is 2.39. The standard InChI is InChI=1S/C17H11F4N3O2/c1-9-4-14(23-24(9)12-6-13(18)16(19)22-7-12)10-2-3-11(8-25)15(5-10)26-17(20)21/h2-8,17H,1H3. The van der Waals surface area contributed by atoms with E-state index in [2.05, 4.69) is 14.8 Å². The molecule has 0 unspecified atom stereocenters. The minimum Gasteiger partial charge on any atom is -0.434 e. The van der Waals surface area contributed by atoms with Crippen molar-refractivity contribution in [3.63, 3.8) is 0 Å². The van der Waals surface area contributed by atoms with Crippen LogP contribution in [-0.2, 0) is 0 Å². The predicted octanol–water partition coefficient (Wildman–Crippen LogP) is 3.93. The zero-order valence-corrected chi connectivity index (χ0v) is 13.3. The number of carbonyl (C=O) groups excluding carboxylic acids is 1. The quantitative estimate of drug-likeness (QED) is 0.391. The van der Waals surface area contributed by atoms with Crippen LogP contribution in [0.3, 0.4) is 0 Å². The summed E-state index contributed by atoms with van der Waals surface area (Å²) in [5.41, 5.74) is 1.51. The first-order chi connectivity index (χ1) is 12.4. The molecule has 0 amide bonds. The summed E-state index contributed by atoms with van der Waals surface area (Å²) in [6, 6.07) is 6.65. The van der Waals surface area contributed by atoms with Crippen molar-refractivity contribution in [2.75, 3.05) is 0 Å². The summed E-state index contributed by atoms with van der Waals surface area (Å²) in [5, 5.41) is 4.25. The highest BCUT2D eigenvalue weighted by atomic mass is 19.3. The van der Waals surface area contributed by atoms with E-state index in [1.807, 2.05) is 0 Å². The summed E-state index contributed by atoms with van der Waals surface area (Å²) in [6.45, 7) is -1.41. The van der Waals surface area contributed by atoms with Gasteiger partial charge in [-0.1, -0.05) is 6.07 Å². The smallest absolute Gasteiger partial charge is 0.387 e. The Balaban J connectivity index is 2.03. The van der Waals surface area contributed by atoms with Crippen LogP contribution in [0.4, 0.5) is 17.6 Å². The van der Waals surface area contributed by atoms with Crippen LogP contribution in [0.5, 0.6) is 5.75 Å². The summed E-state index contributed by atoms with van der Waals surface area (Å²) < 4.78 is 57.0. The third-order valence-corrected chi connectivity index (χ3v) is 3.57. The lowest BCUT2D eigenvalue weighted by molar-refractivity contribution is -0.0500. The van der Waals surface area contributed by atoms with Crippen molar-refractivity contribution < 1.29 is 27.1 Å². The van der Waals surface area contributed by atoms with E-state index < -0.39 is 18.4 Å². The van der Waals surface area contributed by atoms with Crippen LogP contribution in [0.1, 0.15) is 16.1 Å². The number of hydrogen-bond acceptors (Lipinski definition) is 4. The molecule has 0 aliphatic rings. The number of hydrogen-bond donors (Lipinski definition) is 0. The summed E-state index contributed by atoms with van der Waals surface area (Å²) in [5.74, 6) is -2.63. The molecule has 0 atom stereocenters. The van der Waals surface area contributed by atoms with Crippen molar-refractivity contribution in [2.45, 2.75) is 13.5 Å². The number of ether oxygens (including phenoxy) is 1. The van der Waals surface area contributed by atoms with Gasteiger partial charge in [0, 0.05) is 17.3 Å². The number of benzene rings is 1. The van der Waals surface area contributed by atoms with Crippen molar-refractivity contribution in [3.05, 3.63) is 59.6 Å². The van der Waals surface area contributed by atoms with Crippen LogP contribution in [0.15, 0.2) is 36.5 Å². The minimum atomic E-state index is -3.09. The molecule has 0 aliphatic carbocycles. The summed E-state index contributed by atoms with van der Waals surface area (Å²) >= 11 is 0. The number of aryl methyl sites for hydroxylation is 1. The Kier molecular flexibility index (Phi) is 4.70. The van der Waals surface area contributed by atoms with Gasteiger partial charge in [-0.3, -0.25) is 4.79 Å². The lowest BCUT2D eigenvalue weighted by atomic mass is 10.1. The molecule has 0 spiro atoms. The first-order valence-electron chi connectivity index (χ1n) is 7.31. The molecular formula is C17H11F4N3O2. The second-order valence-corrected chi connectivity index (χ2v) is 5.30. The van der Waals surface area contributed by atoms with E-state index in [4.69, 9.17) is 0 Å². The third-order valence-electron chi connectivity index (χ3n) is 3.57. The first-order valence-corrected chi connectivity index (χ1v) is 7.31. The van der Waals surface area contributed by atoms with Crippen molar-refractivity contribution in [2.24, 2.45) is 0 Å². The predicted molar refractivity (Wildman–Crippen MR) is 83.5 cm³/mol. The first kappa shape index (κ1) is 17.6. The van der Waals surface area contributed by atoms with Gasteiger partial charge in [0.2, 0.25) is 5.95 Å². The normalized spacial score (nSPS) is 11.0. The molecule has 2 aromatic heterocycles. The van der Waals surface area contributed by atoms with Crippen molar-refractivity contribution in [1.82, 2.24) is 14.8 Å². The van der Waals surface area contributed by atoms with Crippen LogP contribution in [0, 0.1) is 18.7 Å². The van der Waals surface area contributed by atoms with Gasteiger partial charge in [-0.15, -0.1) is 0 Å². The van der Waals surface area contributed by atoms with Crippen molar-refractivity contribution in [1.29, 1.82) is 0 Å². The largest absolute Gasteiger partial charge is 0.434 e. The number of nitrogens with zero attached hydrogens (tertiary/aromatic N) is 3. The van der Waals surface area contributed by atoms with Gasteiger partial charge in [-0.05, 0) is 25.1 Å². The van der Waals surface area contributed by atoms with Gasteiger partial charge in [0.25, 0.3) is 0 Å². The maximum atomic E-state index is 13.4. The Morgan fingerprint density at radius 3 is 2.62 bits per heavy atom. The molecular weight excluding hydrogens is 354 g/mol. The second-order valence-electron chi connectivity index (χ2n) is 5.30. The number of alkyl halides is 2. The average Bonchev–Trinajstić information content (AvgIpc) is 2.98. The Hall–Kier alpha value is -3.23. The van der Waals surface area contributed by atoms with Crippen molar-refractivity contribution in [3.8, 4) is 22.7 Å². The number of pyridine rings is 1. The number of aromatic nitrogens is 3. The molecule has 9 heteroatoms. The molecule has 0 bridgehead atoms. The van der Waals surface area contributed by atoms with Crippen LogP contribution >= 0.6 is 0 Å². The zero-order valence-electron chi connectivity index (χ0n) is 13.3. The highest BCUT2D eigenvalue weighted by Crippen LogP contribution is 2.28. The fourth-order valence-corrected chi connectivity index (χ4v) is 2.39. The minimum absolute atomic E-state index is 0.0324. The van der Waals surface area contributed by atoms with E-state index in [1.54, 1.807) is 13.0 Å². The Morgan fingerprint density at radius 1 is 1.19 bits per heavy atom. The third kappa shape index (κ3) is 3.41. The molecule has 0 radical (unpaired) electrons. The molecule has 0 saturated carbocycles. The van der Waals surface area contributed by atoms with Crippen molar-refractivity contribution >= 4 is 6.29 Å². The average molecular weight is 365 g/mol. The molecule has 134 valence electrons. The van der Waals surface area contributed by atoms with Crippen LogP contribution in [-0.4, -0.2) is 27.7 Å². The lowest BCUT2D eigenvalue weighted by Gasteiger charge is -2.08. The zero-order chi connectivity index (χ0) is 18.8. The summed E-state index contributed by atoms with van der Waals surface area (Å²) in [6.07, 6.45) is 1.52. The van der Waals surface area contributed by atoms with Gasteiger partial charge in [0.05, 0.1) is 23.1 Å². The maximum Gasteiger partial charge on any atom is 0.387 e. The number of rotatable bonds is 5. The monoisotopic (exact) mass is 365 g/mol. The number of halogens is 4. The highest BCUT2D eigenvalue weighted by molar-refractivity contribution is 5.81. The van der Waals surface area contributed by atoms with Gasteiger partial charge in [0.1, 0.15) is 5.75 Å². The van der Waals surface area contributed by atoms with E-state index in [0.717, 1.165) is 12.3 Å². The Morgan fingerprint density at radius 2 is 1.96 bits per heavy atom. The van der Waals surface area contributed by atoms with Gasteiger partial charge in [0.15, 0.2) is 12.1 Å². The van der Waals surface area contributed by atoms with Gasteiger partial charge in [-0.2, -0.15) is 18.3 Å². The van der Waals surface area contributed by atoms with Crippen LogP contribution < -0.4 is 4.74 Å². The summed E-state index contributed by atoms with van der Waals surface area (Å²) in [4.78, 5) is 14.2. The fraction of sp³-hybridized carbons (Fsp3) is 0.118. The topological polar surface area (TPSA) is 57.0 Å². The Bertz CT molecular complexity index is 973. The van der Waals surface area contributed by atoms with Crippen LogP contribution in [0.2, 0.25) is 0 Å². The molecule has 3 aromatic rings. The van der Waals surface area contributed by atoms with E-state index in [1.165, 1.54) is 22.9 Å². The molecule has 26 heavy (non-hydrogen) atoms. The Labute approximate surface area is 144 Å².